The molecule has 0 radical (unpaired) electrons. The number of hydrogen-bond donors (Lipinski definition) is 2. The second kappa shape index (κ2) is 11.5. The standard InChI is InChI=1S/C16H33NO3/c1-3-4-5-6-8-14(2)17-11-15(18)12-19-13-16-9-7-10-20-16/h14-18H,3-13H2,1-2H3. The van der Waals surface area contributed by atoms with Crippen molar-refractivity contribution in [3.63, 3.8) is 0 Å². The smallest absolute Gasteiger partial charge is 0.0897 e. The molecule has 0 aromatic rings. The van der Waals surface area contributed by atoms with Gasteiger partial charge >= 0.3 is 0 Å². The van der Waals surface area contributed by atoms with Crippen LogP contribution in [0.2, 0.25) is 0 Å². The lowest BCUT2D eigenvalue weighted by molar-refractivity contribution is -0.0169. The number of aliphatic hydroxyl groups is 1. The van der Waals surface area contributed by atoms with E-state index in [9.17, 15) is 5.11 Å². The van der Waals surface area contributed by atoms with E-state index < -0.39 is 6.10 Å². The van der Waals surface area contributed by atoms with Gasteiger partial charge in [0.25, 0.3) is 0 Å². The Bertz CT molecular complexity index is 220. The zero-order valence-corrected chi connectivity index (χ0v) is 13.3. The first-order chi connectivity index (χ1) is 9.72. The van der Waals surface area contributed by atoms with Crippen LogP contribution in [-0.2, 0) is 9.47 Å². The molecule has 2 N–H and O–H groups in total. The van der Waals surface area contributed by atoms with Gasteiger partial charge in [0, 0.05) is 19.2 Å². The third-order valence-corrected chi connectivity index (χ3v) is 3.83. The summed E-state index contributed by atoms with van der Waals surface area (Å²) in [4.78, 5) is 0. The van der Waals surface area contributed by atoms with Gasteiger partial charge in [0.2, 0.25) is 0 Å². The molecule has 3 unspecified atom stereocenters. The Kier molecular flexibility index (Phi) is 10.3. The van der Waals surface area contributed by atoms with Gasteiger partial charge in [0.1, 0.15) is 0 Å². The predicted octanol–water partition coefficient (Wildman–Crippen LogP) is 2.49. The molecule has 1 saturated heterocycles. The Balaban J connectivity index is 1.91. The number of nitrogens with one attached hydrogen (secondary N) is 1. The van der Waals surface area contributed by atoms with Crippen LogP contribution < -0.4 is 5.32 Å². The van der Waals surface area contributed by atoms with Crippen LogP contribution in [0.5, 0.6) is 0 Å². The van der Waals surface area contributed by atoms with Crippen molar-refractivity contribution < 1.29 is 14.6 Å². The van der Waals surface area contributed by atoms with Gasteiger partial charge < -0.3 is 19.9 Å². The van der Waals surface area contributed by atoms with Crippen LogP contribution in [0.3, 0.4) is 0 Å². The van der Waals surface area contributed by atoms with Crippen molar-refractivity contribution in [2.75, 3.05) is 26.4 Å². The molecular weight excluding hydrogens is 254 g/mol. The predicted molar refractivity (Wildman–Crippen MR) is 82.0 cm³/mol. The summed E-state index contributed by atoms with van der Waals surface area (Å²) in [7, 11) is 0. The lowest BCUT2D eigenvalue weighted by atomic mass is 10.1. The maximum Gasteiger partial charge on any atom is 0.0897 e. The summed E-state index contributed by atoms with van der Waals surface area (Å²) in [6.07, 6.45) is 8.42. The van der Waals surface area contributed by atoms with Crippen molar-refractivity contribution in [1.82, 2.24) is 5.32 Å². The van der Waals surface area contributed by atoms with Crippen LogP contribution in [0, 0.1) is 0 Å². The van der Waals surface area contributed by atoms with Gasteiger partial charge in [-0.25, -0.2) is 0 Å². The molecule has 1 fully saturated rings. The topological polar surface area (TPSA) is 50.7 Å². The second-order valence-corrected chi connectivity index (χ2v) is 5.98. The fourth-order valence-electron chi connectivity index (χ4n) is 2.49. The normalized spacial score (nSPS) is 22.1. The Morgan fingerprint density at radius 3 is 2.90 bits per heavy atom. The maximum atomic E-state index is 9.85. The maximum absolute atomic E-state index is 9.85. The third kappa shape index (κ3) is 8.90. The van der Waals surface area contributed by atoms with Crippen LogP contribution in [0.15, 0.2) is 0 Å². The highest BCUT2D eigenvalue weighted by Gasteiger charge is 2.16. The zero-order valence-electron chi connectivity index (χ0n) is 13.3. The molecule has 1 rings (SSSR count). The van der Waals surface area contributed by atoms with E-state index in [2.05, 4.69) is 19.2 Å². The molecule has 1 aliphatic rings. The van der Waals surface area contributed by atoms with Crippen LogP contribution in [0.25, 0.3) is 0 Å². The molecule has 4 heteroatoms. The van der Waals surface area contributed by atoms with E-state index in [1.54, 1.807) is 0 Å². The van der Waals surface area contributed by atoms with Crippen LogP contribution in [-0.4, -0.2) is 49.7 Å². The van der Waals surface area contributed by atoms with Gasteiger partial charge in [0.05, 0.1) is 25.4 Å². The average molecular weight is 287 g/mol. The van der Waals surface area contributed by atoms with Gasteiger partial charge in [-0.1, -0.05) is 32.6 Å². The number of hydrogen-bond acceptors (Lipinski definition) is 4. The molecule has 120 valence electrons. The van der Waals surface area contributed by atoms with E-state index in [1.165, 1.54) is 32.1 Å². The molecule has 0 saturated carbocycles. The zero-order chi connectivity index (χ0) is 14.6. The molecular formula is C16H33NO3. The van der Waals surface area contributed by atoms with Crippen LogP contribution in [0.4, 0.5) is 0 Å². The largest absolute Gasteiger partial charge is 0.389 e. The highest BCUT2D eigenvalue weighted by Crippen LogP contribution is 2.12. The Labute approximate surface area is 124 Å². The molecule has 0 bridgehead atoms. The lowest BCUT2D eigenvalue weighted by Crippen LogP contribution is -2.36. The Morgan fingerprint density at radius 2 is 2.20 bits per heavy atom. The monoisotopic (exact) mass is 287 g/mol. The van der Waals surface area contributed by atoms with Crippen molar-refractivity contribution in [1.29, 1.82) is 0 Å². The first-order valence-electron chi connectivity index (χ1n) is 8.33. The fourth-order valence-corrected chi connectivity index (χ4v) is 2.49. The van der Waals surface area contributed by atoms with Crippen molar-refractivity contribution in [3.8, 4) is 0 Å². The van der Waals surface area contributed by atoms with Crippen molar-refractivity contribution >= 4 is 0 Å². The lowest BCUT2D eigenvalue weighted by Gasteiger charge is -2.18. The van der Waals surface area contributed by atoms with E-state index in [0.29, 0.717) is 25.8 Å². The van der Waals surface area contributed by atoms with Gasteiger partial charge in [0.15, 0.2) is 0 Å². The molecule has 4 nitrogen and oxygen atoms in total. The van der Waals surface area contributed by atoms with Gasteiger partial charge in [-0.2, -0.15) is 0 Å². The van der Waals surface area contributed by atoms with E-state index in [0.717, 1.165) is 19.4 Å². The molecule has 1 aliphatic heterocycles. The molecule has 0 spiro atoms. The van der Waals surface area contributed by atoms with E-state index in [-0.39, 0.29) is 6.10 Å². The fraction of sp³-hybridized carbons (Fsp3) is 1.00. The highest BCUT2D eigenvalue weighted by molar-refractivity contribution is 4.67. The summed E-state index contributed by atoms with van der Waals surface area (Å²) in [6.45, 7) is 6.90. The van der Waals surface area contributed by atoms with Gasteiger partial charge in [-0.15, -0.1) is 0 Å². The number of unbranched alkanes of at least 4 members (excludes halogenated alkanes) is 3. The summed E-state index contributed by atoms with van der Waals surface area (Å²) in [5.41, 5.74) is 0. The summed E-state index contributed by atoms with van der Waals surface area (Å²) in [5.74, 6) is 0. The summed E-state index contributed by atoms with van der Waals surface area (Å²) in [6, 6.07) is 0.472. The van der Waals surface area contributed by atoms with E-state index in [4.69, 9.17) is 9.47 Å². The number of ether oxygens (including phenoxy) is 2. The minimum Gasteiger partial charge on any atom is -0.389 e. The van der Waals surface area contributed by atoms with Crippen molar-refractivity contribution in [2.45, 2.75) is 77.0 Å². The molecule has 0 aromatic heterocycles. The van der Waals surface area contributed by atoms with E-state index >= 15 is 0 Å². The summed E-state index contributed by atoms with van der Waals surface area (Å²) < 4.78 is 11.0. The molecule has 0 aromatic carbocycles. The van der Waals surface area contributed by atoms with Crippen molar-refractivity contribution in [2.24, 2.45) is 0 Å². The Morgan fingerprint density at radius 1 is 1.35 bits per heavy atom. The quantitative estimate of drug-likeness (QED) is 0.542. The third-order valence-electron chi connectivity index (χ3n) is 3.83. The van der Waals surface area contributed by atoms with Crippen LogP contribution >= 0.6 is 0 Å². The number of rotatable bonds is 12. The molecule has 0 aliphatic carbocycles. The molecule has 20 heavy (non-hydrogen) atoms. The molecule has 3 atom stereocenters. The summed E-state index contributed by atoms with van der Waals surface area (Å²) in [5, 5.41) is 13.2. The highest BCUT2D eigenvalue weighted by atomic mass is 16.5. The average Bonchev–Trinajstić information content (AvgIpc) is 2.94. The number of aliphatic hydroxyl groups excluding tert-OH is 1. The Hall–Kier alpha value is -0.160. The van der Waals surface area contributed by atoms with Crippen LogP contribution in [0.1, 0.15) is 58.8 Å². The first-order valence-corrected chi connectivity index (χ1v) is 8.33. The first kappa shape index (κ1) is 17.9. The van der Waals surface area contributed by atoms with Gasteiger partial charge in [-0.05, 0) is 26.2 Å². The molecule has 1 heterocycles. The molecule has 0 amide bonds. The summed E-state index contributed by atoms with van der Waals surface area (Å²) >= 11 is 0. The van der Waals surface area contributed by atoms with E-state index in [1.807, 2.05) is 0 Å². The minimum atomic E-state index is -0.422. The SMILES string of the molecule is CCCCCCC(C)NCC(O)COCC1CCCO1. The van der Waals surface area contributed by atoms with Gasteiger partial charge in [-0.3, -0.25) is 0 Å². The second-order valence-electron chi connectivity index (χ2n) is 5.98. The minimum absolute atomic E-state index is 0.243. The van der Waals surface area contributed by atoms with Crippen molar-refractivity contribution in [3.05, 3.63) is 0 Å².